The predicted molar refractivity (Wildman–Crippen MR) is 127 cm³/mol. The average molecular weight is 497 g/mol. The quantitative estimate of drug-likeness (QED) is 0.454. The van der Waals surface area contributed by atoms with Gasteiger partial charge in [-0.1, -0.05) is 28.9 Å². The van der Waals surface area contributed by atoms with Gasteiger partial charge in [0.25, 0.3) is 11.5 Å². The van der Waals surface area contributed by atoms with Crippen LogP contribution in [0.3, 0.4) is 0 Å². The molecule has 0 unspecified atom stereocenters. The van der Waals surface area contributed by atoms with Crippen molar-refractivity contribution in [1.29, 1.82) is 0 Å². The summed E-state index contributed by atoms with van der Waals surface area (Å²) in [7, 11) is 1.56. The van der Waals surface area contributed by atoms with Gasteiger partial charge in [-0.3, -0.25) is 9.59 Å². The maximum absolute atomic E-state index is 14.3. The average Bonchev–Trinajstić information content (AvgIpc) is 3.29. The molecule has 3 heterocycles. The van der Waals surface area contributed by atoms with Gasteiger partial charge in [-0.15, -0.1) is 5.10 Å². The third-order valence-corrected chi connectivity index (χ3v) is 6.60. The van der Waals surface area contributed by atoms with Crippen LogP contribution in [0.1, 0.15) is 40.5 Å². The molecule has 9 nitrogen and oxygen atoms in total. The van der Waals surface area contributed by atoms with Gasteiger partial charge in [-0.2, -0.15) is 0 Å². The van der Waals surface area contributed by atoms with Gasteiger partial charge in [0.05, 0.1) is 13.7 Å². The number of amides is 1. The van der Waals surface area contributed by atoms with Gasteiger partial charge >= 0.3 is 0 Å². The third-order valence-electron chi connectivity index (χ3n) is 6.25. The number of H-pyrrole nitrogens is 1. The third kappa shape index (κ3) is 4.49. The minimum absolute atomic E-state index is 0.00855. The van der Waals surface area contributed by atoms with Crippen molar-refractivity contribution in [1.82, 2.24) is 29.9 Å². The number of nitrogens with one attached hydrogen (secondary N) is 1. The number of likely N-dealkylation sites (tertiary alicyclic amines) is 1. The molecular weight excluding hydrogens is 475 g/mol. The van der Waals surface area contributed by atoms with Crippen LogP contribution in [0.2, 0.25) is 5.02 Å². The molecule has 0 aliphatic carbocycles. The highest BCUT2D eigenvalue weighted by Crippen LogP contribution is 2.27. The maximum atomic E-state index is 14.3. The van der Waals surface area contributed by atoms with Crippen molar-refractivity contribution >= 4 is 28.7 Å². The SMILES string of the molecule is COc1cccc(C(=O)N2CCC(c3nc4c(nnn4Cc4c(F)cccc4Cl)c(=O)[nH]3)CC2)c1. The number of carbonyl (C=O) groups excluding carboxylic acids is 1. The first-order valence-corrected chi connectivity index (χ1v) is 11.5. The molecule has 2 aromatic carbocycles. The van der Waals surface area contributed by atoms with Crippen molar-refractivity contribution in [2.75, 3.05) is 20.2 Å². The predicted octanol–water partition coefficient (Wildman–Crippen LogP) is 3.38. The van der Waals surface area contributed by atoms with Crippen molar-refractivity contribution in [3.8, 4) is 5.75 Å². The summed E-state index contributed by atoms with van der Waals surface area (Å²) in [6.07, 6.45) is 1.26. The zero-order valence-corrected chi connectivity index (χ0v) is 19.6. The highest BCUT2D eigenvalue weighted by Gasteiger charge is 2.27. The molecular formula is C24H22ClFN6O3. The van der Waals surface area contributed by atoms with E-state index in [0.717, 1.165) is 0 Å². The fourth-order valence-electron chi connectivity index (χ4n) is 4.31. The molecule has 35 heavy (non-hydrogen) atoms. The first-order valence-electron chi connectivity index (χ1n) is 11.1. The largest absolute Gasteiger partial charge is 0.497 e. The van der Waals surface area contributed by atoms with E-state index in [2.05, 4.69) is 20.3 Å². The van der Waals surface area contributed by atoms with E-state index in [-0.39, 0.29) is 40.1 Å². The molecule has 11 heteroatoms. The number of halogens is 2. The minimum Gasteiger partial charge on any atom is -0.497 e. The van der Waals surface area contributed by atoms with Crippen molar-refractivity contribution in [3.63, 3.8) is 0 Å². The fraction of sp³-hybridized carbons (Fsp3) is 0.292. The van der Waals surface area contributed by atoms with Crippen LogP contribution in [0.25, 0.3) is 11.2 Å². The number of fused-ring (bicyclic) bond motifs is 1. The molecule has 180 valence electrons. The van der Waals surface area contributed by atoms with Crippen LogP contribution in [0.4, 0.5) is 4.39 Å². The number of methoxy groups -OCH3 is 1. The number of hydrogen-bond acceptors (Lipinski definition) is 6. The van der Waals surface area contributed by atoms with E-state index in [9.17, 15) is 14.0 Å². The number of carbonyl (C=O) groups is 1. The summed E-state index contributed by atoms with van der Waals surface area (Å²) in [5.74, 6) is 0.534. The fourth-order valence-corrected chi connectivity index (χ4v) is 4.53. The van der Waals surface area contributed by atoms with E-state index in [0.29, 0.717) is 43.1 Å². The van der Waals surface area contributed by atoms with Crippen molar-refractivity contribution in [2.24, 2.45) is 0 Å². The smallest absolute Gasteiger partial charge is 0.281 e. The number of aromatic amines is 1. The highest BCUT2D eigenvalue weighted by molar-refractivity contribution is 6.31. The van der Waals surface area contributed by atoms with Crippen LogP contribution in [-0.4, -0.2) is 56.0 Å². The van der Waals surface area contributed by atoms with Crippen LogP contribution in [0, 0.1) is 5.82 Å². The number of aromatic nitrogens is 5. The van der Waals surface area contributed by atoms with Gasteiger partial charge in [-0.05, 0) is 43.2 Å². The molecule has 5 rings (SSSR count). The minimum atomic E-state index is -0.473. The lowest BCUT2D eigenvalue weighted by Gasteiger charge is -2.31. The standard InChI is InChI=1S/C24H22ClFN6O3/c1-35-16-5-2-4-15(12-16)24(34)31-10-8-14(9-11-31)21-27-22-20(23(33)28-21)29-30-32(22)13-17-18(25)6-3-7-19(17)26/h2-7,12,14H,8-11,13H2,1H3,(H,27,28,33). The second kappa shape index (κ2) is 9.46. The van der Waals surface area contributed by atoms with Crippen LogP contribution in [-0.2, 0) is 6.54 Å². The lowest BCUT2D eigenvalue weighted by Crippen LogP contribution is -2.38. The molecule has 0 bridgehead atoms. The molecule has 1 amide bonds. The van der Waals surface area contributed by atoms with E-state index in [1.165, 1.54) is 16.8 Å². The Morgan fingerprint density at radius 1 is 1.23 bits per heavy atom. The number of ether oxygens (including phenoxy) is 1. The van der Waals surface area contributed by atoms with Gasteiger partial charge in [0.2, 0.25) is 0 Å². The molecule has 0 radical (unpaired) electrons. The molecule has 1 fully saturated rings. The zero-order valence-electron chi connectivity index (χ0n) is 18.9. The van der Waals surface area contributed by atoms with Gasteiger partial charge in [-0.25, -0.2) is 14.1 Å². The Hall–Kier alpha value is -3.79. The first kappa shape index (κ1) is 23.0. The summed E-state index contributed by atoms with van der Waals surface area (Å²) in [5, 5.41) is 8.18. The van der Waals surface area contributed by atoms with Gasteiger partial charge < -0.3 is 14.6 Å². The number of piperidine rings is 1. The normalized spacial score (nSPS) is 14.4. The Balaban J connectivity index is 1.36. The van der Waals surface area contributed by atoms with Crippen LogP contribution in [0.15, 0.2) is 47.3 Å². The molecule has 1 aliphatic rings. The van der Waals surface area contributed by atoms with E-state index >= 15 is 0 Å². The Morgan fingerprint density at radius 2 is 2.00 bits per heavy atom. The summed E-state index contributed by atoms with van der Waals surface area (Å²) >= 11 is 6.15. The topological polar surface area (TPSA) is 106 Å². The Kier molecular flexibility index (Phi) is 6.21. The Morgan fingerprint density at radius 3 is 2.74 bits per heavy atom. The van der Waals surface area contributed by atoms with Crippen LogP contribution < -0.4 is 10.3 Å². The number of benzene rings is 2. The Bertz CT molecular complexity index is 1440. The summed E-state index contributed by atoms with van der Waals surface area (Å²) in [6, 6.07) is 11.5. The summed E-state index contributed by atoms with van der Waals surface area (Å²) in [5.41, 5.74) is 0.738. The lowest BCUT2D eigenvalue weighted by molar-refractivity contribution is 0.0710. The molecule has 2 aromatic heterocycles. The number of nitrogens with zero attached hydrogens (tertiary/aromatic N) is 5. The maximum Gasteiger partial charge on any atom is 0.281 e. The van der Waals surface area contributed by atoms with Gasteiger partial charge in [0.15, 0.2) is 11.2 Å². The Labute approximate surface area is 204 Å². The van der Waals surface area contributed by atoms with Crippen LogP contribution >= 0.6 is 11.6 Å². The summed E-state index contributed by atoms with van der Waals surface area (Å²) in [6.45, 7) is 1.03. The van der Waals surface area contributed by atoms with E-state index in [1.54, 1.807) is 42.3 Å². The van der Waals surface area contributed by atoms with Crippen molar-refractivity contribution < 1.29 is 13.9 Å². The lowest BCUT2D eigenvalue weighted by atomic mass is 9.95. The molecule has 4 aromatic rings. The van der Waals surface area contributed by atoms with Gasteiger partial charge in [0, 0.05) is 35.2 Å². The molecule has 0 spiro atoms. The number of rotatable bonds is 5. The monoisotopic (exact) mass is 496 g/mol. The zero-order chi connectivity index (χ0) is 24.5. The molecule has 1 N–H and O–H groups in total. The second-order valence-electron chi connectivity index (χ2n) is 8.37. The summed E-state index contributed by atoms with van der Waals surface area (Å²) in [4.78, 5) is 34.8. The van der Waals surface area contributed by atoms with E-state index in [4.69, 9.17) is 16.3 Å². The summed E-state index contributed by atoms with van der Waals surface area (Å²) < 4.78 is 20.9. The highest BCUT2D eigenvalue weighted by atomic mass is 35.5. The first-order chi connectivity index (χ1) is 16.9. The number of hydrogen-bond donors (Lipinski definition) is 1. The molecule has 0 saturated carbocycles. The van der Waals surface area contributed by atoms with E-state index in [1.807, 2.05) is 0 Å². The van der Waals surface area contributed by atoms with Crippen LogP contribution in [0.5, 0.6) is 5.75 Å². The molecule has 1 aliphatic heterocycles. The van der Waals surface area contributed by atoms with Crippen molar-refractivity contribution in [3.05, 3.63) is 80.6 Å². The van der Waals surface area contributed by atoms with E-state index < -0.39 is 11.4 Å². The van der Waals surface area contributed by atoms with Gasteiger partial charge in [0.1, 0.15) is 17.4 Å². The second-order valence-corrected chi connectivity index (χ2v) is 8.78. The van der Waals surface area contributed by atoms with Crippen molar-refractivity contribution in [2.45, 2.75) is 25.3 Å². The molecule has 0 atom stereocenters. The molecule has 1 saturated heterocycles.